The number of nitrogens with one attached hydrogen (secondary N) is 2. The third-order valence-electron chi connectivity index (χ3n) is 5.25. The SMILES string of the molecule is COc1cccc(-c2cc(=N)n(CC(=O)NC3CC(C)(C)C3)nc2C(C)C)c1. The highest BCUT2D eigenvalue weighted by Gasteiger charge is 2.36. The van der Waals surface area contributed by atoms with Gasteiger partial charge in [0.1, 0.15) is 17.8 Å². The van der Waals surface area contributed by atoms with E-state index in [2.05, 4.69) is 38.1 Å². The van der Waals surface area contributed by atoms with Crippen LogP contribution in [0.1, 0.15) is 52.1 Å². The molecule has 150 valence electrons. The number of rotatable bonds is 6. The van der Waals surface area contributed by atoms with Crippen molar-refractivity contribution in [1.29, 1.82) is 5.41 Å². The van der Waals surface area contributed by atoms with Gasteiger partial charge in [-0.2, -0.15) is 5.10 Å². The van der Waals surface area contributed by atoms with Crippen LogP contribution in [0.3, 0.4) is 0 Å². The molecule has 1 heterocycles. The Morgan fingerprint density at radius 1 is 1.36 bits per heavy atom. The van der Waals surface area contributed by atoms with Crippen LogP contribution < -0.4 is 15.5 Å². The largest absolute Gasteiger partial charge is 0.497 e. The molecule has 1 aromatic heterocycles. The summed E-state index contributed by atoms with van der Waals surface area (Å²) >= 11 is 0. The molecule has 1 amide bonds. The quantitative estimate of drug-likeness (QED) is 0.803. The summed E-state index contributed by atoms with van der Waals surface area (Å²) in [6.45, 7) is 8.61. The minimum atomic E-state index is -0.0877. The van der Waals surface area contributed by atoms with Crippen LogP contribution in [0, 0.1) is 10.8 Å². The van der Waals surface area contributed by atoms with Gasteiger partial charge in [-0.1, -0.05) is 39.8 Å². The van der Waals surface area contributed by atoms with Crippen molar-refractivity contribution in [3.8, 4) is 16.9 Å². The average Bonchev–Trinajstić information content (AvgIpc) is 2.61. The third-order valence-corrected chi connectivity index (χ3v) is 5.25. The van der Waals surface area contributed by atoms with Gasteiger partial charge in [0.15, 0.2) is 0 Å². The minimum Gasteiger partial charge on any atom is -0.497 e. The number of carbonyl (C=O) groups excluding carboxylic acids is 1. The van der Waals surface area contributed by atoms with Crippen molar-refractivity contribution in [2.75, 3.05) is 7.11 Å². The van der Waals surface area contributed by atoms with Crippen molar-refractivity contribution in [2.24, 2.45) is 5.41 Å². The summed E-state index contributed by atoms with van der Waals surface area (Å²) in [4.78, 5) is 12.4. The highest BCUT2D eigenvalue weighted by atomic mass is 16.5. The molecule has 6 nitrogen and oxygen atoms in total. The maximum atomic E-state index is 12.4. The van der Waals surface area contributed by atoms with Crippen LogP contribution >= 0.6 is 0 Å². The zero-order chi connectivity index (χ0) is 20.5. The summed E-state index contributed by atoms with van der Waals surface area (Å²) in [5, 5.41) is 16.1. The summed E-state index contributed by atoms with van der Waals surface area (Å²) in [5.41, 5.74) is 3.24. The molecule has 0 aliphatic heterocycles. The van der Waals surface area contributed by atoms with Gasteiger partial charge in [-0.3, -0.25) is 10.2 Å². The van der Waals surface area contributed by atoms with Crippen molar-refractivity contribution in [1.82, 2.24) is 15.1 Å². The normalized spacial score (nSPS) is 15.9. The number of hydrogen-bond donors (Lipinski definition) is 2. The Balaban J connectivity index is 1.84. The first-order valence-corrected chi connectivity index (χ1v) is 9.79. The molecule has 28 heavy (non-hydrogen) atoms. The van der Waals surface area contributed by atoms with Crippen LogP contribution in [-0.4, -0.2) is 28.8 Å². The van der Waals surface area contributed by atoms with E-state index in [4.69, 9.17) is 10.1 Å². The zero-order valence-corrected chi connectivity index (χ0v) is 17.4. The van der Waals surface area contributed by atoms with Crippen molar-refractivity contribution < 1.29 is 9.53 Å². The van der Waals surface area contributed by atoms with E-state index in [-0.39, 0.29) is 29.9 Å². The van der Waals surface area contributed by atoms with Crippen molar-refractivity contribution >= 4 is 5.91 Å². The average molecular weight is 383 g/mol. The Labute approximate surface area is 166 Å². The first-order valence-electron chi connectivity index (χ1n) is 9.79. The summed E-state index contributed by atoms with van der Waals surface area (Å²) < 4.78 is 6.81. The summed E-state index contributed by atoms with van der Waals surface area (Å²) in [6.07, 6.45) is 1.99. The molecule has 0 unspecified atom stereocenters. The molecule has 1 aliphatic carbocycles. The molecular formula is C22H30N4O2. The van der Waals surface area contributed by atoms with Gasteiger partial charge in [0.25, 0.3) is 0 Å². The van der Waals surface area contributed by atoms with Gasteiger partial charge in [-0.15, -0.1) is 0 Å². The third kappa shape index (κ3) is 4.43. The van der Waals surface area contributed by atoms with Gasteiger partial charge in [-0.05, 0) is 47.9 Å². The Hall–Kier alpha value is -2.63. The summed E-state index contributed by atoms with van der Waals surface area (Å²) in [5.74, 6) is 0.831. The molecule has 2 N–H and O–H groups in total. The maximum absolute atomic E-state index is 12.4. The second-order valence-corrected chi connectivity index (χ2v) is 8.71. The predicted molar refractivity (Wildman–Crippen MR) is 109 cm³/mol. The number of amides is 1. The molecule has 0 spiro atoms. The van der Waals surface area contributed by atoms with Crippen molar-refractivity contribution in [3.63, 3.8) is 0 Å². The molecular weight excluding hydrogens is 352 g/mol. The lowest BCUT2D eigenvalue weighted by Crippen LogP contribution is -2.49. The fourth-order valence-electron chi connectivity index (χ4n) is 3.88. The zero-order valence-electron chi connectivity index (χ0n) is 17.4. The minimum absolute atomic E-state index is 0.0634. The monoisotopic (exact) mass is 382 g/mol. The highest BCUT2D eigenvalue weighted by molar-refractivity contribution is 5.76. The van der Waals surface area contributed by atoms with Crippen LogP contribution in [0.5, 0.6) is 5.75 Å². The Kier molecular flexibility index (Phi) is 5.59. The number of nitrogens with zero attached hydrogens (tertiary/aromatic N) is 2. The van der Waals surface area contributed by atoms with E-state index in [1.165, 1.54) is 4.68 Å². The maximum Gasteiger partial charge on any atom is 0.242 e. The lowest BCUT2D eigenvalue weighted by atomic mass is 9.68. The Morgan fingerprint density at radius 2 is 2.07 bits per heavy atom. The van der Waals surface area contributed by atoms with E-state index < -0.39 is 0 Å². The fourth-order valence-corrected chi connectivity index (χ4v) is 3.88. The molecule has 0 bridgehead atoms. The van der Waals surface area contributed by atoms with E-state index in [1.54, 1.807) is 13.2 Å². The number of benzene rings is 1. The first-order chi connectivity index (χ1) is 13.2. The standard InChI is InChI=1S/C22H30N4O2/c1-14(2)21-18(15-7-6-8-17(9-15)28-5)10-19(23)26(25-21)13-20(27)24-16-11-22(3,4)12-16/h6-10,14,16,23H,11-13H2,1-5H3,(H,24,27). The number of hydrogen-bond acceptors (Lipinski definition) is 4. The molecule has 0 atom stereocenters. The summed E-state index contributed by atoms with van der Waals surface area (Å²) in [6, 6.07) is 9.77. The van der Waals surface area contributed by atoms with Crippen LogP contribution in [0.2, 0.25) is 0 Å². The molecule has 1 fully saturated rings. The second kappa shape index (κ2) is 7.78. The predicted octanol–water partition coefficient (Wildman–Crippen LogP) is 3.47. The Bertz CT molecular complexity index is 922. The van der Waals surface area contributed by atoms with Crippen LogP contribution in [-0.2, 0) is 11.3 Å². The number of aromatic nitrogens is 2. The molecule has 3 rings (SSSR count). The number of ether oxygens (including phenoxy) is 1. The van der Waals surface area contributed by atoms with E-state index in [0.29, 0.717) is 5.41 Å². The Morgan fingerprint density at radius 3 is 2.68 bits per heavy atom. The first kappa shape index (κ1) is 20.1. The fraction of sp³-hybridized carbons (Fsp3) is 0.500. The molecule has 1 saturated carbocycles. The lowest BCUT2D eigenvalue weighted by Gasteiger charge is -2.42. The van der Waals surface area contributed by atoms with E-state index in [9.17, 15) is 4.79 Å². The van der Waals surface area contributed by atoms with Gasteiger partial charge in [0.2, 0.25) is 5.91 Å². The lowest BCUT2D eigenvalue weighted by molar-refractivity contribution is -0.124. The topological polar surface area (TPSA) is 80.0 Å². The van der Waals surface area contributed by atoms with E-state index in [1.807, 2.05) is 24.3 Å². The van der Waals surface area contributed by atoms with Crippen LogP contribution in [0.25, 0.3) is 11.1 Å². The van der Waals surface area contributed by atoms with Gasteiger partial charge in [-0.25, -0.2) is 4.68 Å². The van der Waals surface area contributed by atoms with Gasteiger partial charge >= 0.3 is 0 Å². The molecule has 2 aromatic rings. The van der Waals surface area contributed by atoms with Gasteiger partial charge in [0, 0.05) is 11.6 Å². The highest BCUT2D eigenvalue weighted by Crippen LogP contribution is 2.39. The summed E-state index contributed by atoms with van der Waals surface area (Å²) in [7, 11) is 1.64. The number of methoxy groups -OCH3 is 1. The molecule has 1 aromatic carbocycles. The van der Waals surface area contributed by atoms with Crippen LogP contribution in [0.15, 0.2) is 30.3 Å². The molecule has 0 radical (unpaired) electrons. The van der Waals surface area contributed by atoms with Gasteiger partial charge in [0.05, 0.1) is 12.8 Å². The van der Waals surface area contributed by atoms with Crippen molar-refractivity contribution in [2.45, 2.75) is 59.0 Å². The number of carbonyl (C=O) groups is 1. The molecule has 1 aliphatic rings. The van der Waals surface area contributed by atoms with Crippen molar-refractivity contribution in [3.05, 3.63) is 41.5 Å². The van der Waals surface area contributed by atoms with Gasteiger partial charge < -0.3 is 10.1 Å². The smallest absolute Gasteiger partial charge is 0.242 e. The molecule has 6 heteroatoms. The second-order valence-electron chi connectivity index (χ2n) is 8.71. The van der Waals surface area contributed by atoms with E-state index in [0.717, 1.165) is 35.4 Å². The molecule has 0 saturated heterocycles. The van der Waals surface area contributed by atoms with E-state index >= 15 is 0 Å². The van der Waals surface area contributed by atoms with Crippen LogP contribution in [0.4, 0.5) is 0 Å².